The van der Waals surface area contributed by atoms with Crippen molar-refractivity contribution in [3.8, 4) is 5.75 Å². The van der Waals surface area contributed by atoms with Crippen LogP contribution in [0, 0.1) is 0 Å². The molecule has 3 rings (SSSR count). The van der Waals surface area contributed by atoms with Crippen molar-refractivity contribution in [1.29, 1.82) is 0 Å². The summed E-state index contributed by atoms with van der Waals surface area (Å²) in [5, 5.41) is 10.8. The third-order valence-electron chi connectivity index (χ3n) is 5.06. The zero-order valence-electron chi connectivity index (χ0n) is 14.4. The number of likely N-dealkylation sites (N-methyl/N-ethyl adjacent to an activating group) is 1. The smallest absolute Gasteiger partial charge is 0.142 e. The van der Waals surface area contributed by atoms with Crippen molar-refractivity contribution < 1.29 is 9.84 Å². The van der Waals surface area contributed by atoms with Crippen LogP contribution in [0.25, 0.3) is 0 Å². The highest BCUT2D eigenvalue weighted by Crippen LogP contribution is 2.29. The van der Waals surface area contributed by atoms with E-state index in [1.54, 1.807) is 7.11 Å². The molecule has 0 saturated carbocycles. The van der Waals surface area contributed by atoms with Gasteiger partial charge in [0.15, 0.2) is 0 Å². The normalized spacial score (nSPS) is 27.2. The van der Waals surface area contributed by atoms with E-state index in [-0.39, 0.29) is 0 Å². The Morgan fingerprint density at radius 1 is 1.13 bits per heavy atom. The van der Waals surface area contributed by atoms with E-state index in [2.05, 4.69) is 33.9 Å². The third kappa shape index (κ3) is 3.97. The highest BCUT2D eigenvalue weighted by molar-refractivity contribution is 5.58. The van der Waals surface area contributed by atoms with Crippen LogP contribution in [0.5, 0.6) is 5.75 Å². The maximum absolute atomic E-state index is 10.8. The summed E-state index contributed by atoms with van der Waals surface area (Å²) in [6.07, 6.45) is 2.01. The Kier molecular flexibility index (Phi) is 5.09. The van der Waals surface area contributed by atoms with Crippen LogP contribution >= 0.6 is 0 Å². The van der Waals surface area contributed by atoms with Crippen molar-refractivity contribution in [3.05, 3.63) is 24.3 Å². The summed E-state index contributed by atoms with van der Waals surface area (Å²) in [6, 6.07) is 8.21. The first-order valence-corrected chi connectivity index (χ1v) is 8.61. The van der Waals surface area contributed by atoms with Gasteiger partial charge in [0.2, 0.25) is 0 Å². The summed E-state index contributed by atoms with van der Waals surface area (Å²) in [5.74, 6) is 0.938. The number of likely N-dealkylation sites (tertiary alicyclic amines) is 1. The molecule has 2 heterocycles. The highest BCUT2D eigenvalue weighted by Gasteiger charge is 2.34. The molecule has 5 heteroatoms. The van der Waals surface area contributed by atoms with Crippen molar-refractivity contribution in [3.63, 3.8) is 0 Å². The van der Waals surface area contributed by atoms with Crippen LogP contribution in [0.1, 0.15) is 12.8 Å². The number of nitrogens with zero attached hydrogens (tertiary/aromatic N) is 3. The molecule has 0 bridgehead atoms. The van der Waals surface area contributed by atoms with Crippen LogP contribution in [-0.4, -0.2) is 80.5 Å². The summed E-state index contributed by atoms with van der Waals surface area (Å²) < 4.78 is 5.47. The SMILES string of the molecule is COc1ccccc1N1CCN(CC2(O)CCCN(C)C2)CC1. The molecule has 0 radical (unpaired) electrons. The van der Waals surface area contributed by atoms with Crippen molar-refractivity contribution >= 4 is 5.69 Å². The molecule has 128 valence electrons. The molecule has 2 aliphatic rings. The average Bonchev–Trinajstić information content (AvgIpc) is 2.55. The lowest BCUT2D eigenvalue weighted by molar-refractivity contribution is -0.0478. The first kappa shape index (κ1) is 16.6. The maximum atomic E-state index is 10.8. The lowest BCUT2D eigenvalue weighted by Gasteiger charge is -2.43. The molecule has 1 aromatic rings. The zero-order valence-corrected chi connectivity index (χ0v) is 14.4. The van der Waals surface area contributed by atoms with Crippen molar-refractivity contribution in [2.45, 2.75) is 18.4 Å². The molecule has 1 aromatic carbocycles. The molecule has 2 aliphatic heterocycles. The average molecular weight is 319 g/mol. The van der Waals surface area contributed by atoms with Gasteiger partial charge in [-0.15, -0.1) is 0 Å². The molecule has 1 unspecified atom stereocenters. The lowest BCUT2D eigenvalue weighted by Crippen LogP contribution is -2.56. The summed E-state index contributed by atoms with van der Waals surface area (Å²) in [5.41, 5.74) is 0.630. The number of piperazine rings is 1. The van der Waals surface area contributed by atoms with Gasteiger partial charge in [-0.3, -0.25) is 4.90 Å². The summed E-state index contributed by atoms with van der Waals surface area (Å²) >= 11 is 0. The van der Waals surface area contributed by atoms with E-state index >= 15 is 0 Å². The van der Waals surface area contributed by atoms with Gasteiger partial charge in [-0.25, -0.2) is 0 Å². The topological polar surface area (TPSA) is 39.2 Å². The van der Waals surface area contributed by atoms with Gasteiger partial charge in [0, 0.05) is 39.3 Å². The number of piperidine rings is 1. The minimum absolute atomic E-state index is 0.542. The number of rotatable bonds is 4. The van der Waals surface area contributed by atoms with Gasteiger partial charge in [0.05, 0.1) is 18.4 Å². The number of ether oxygens (including phenoxy) is 1. The maximum Gasteiger partial charge on any atom is 0.142 e. The number of para-hydroxylation sites is 2. The Bertz CT molecular complexity index is 517. The van der Waals surface area contributed by atoms with Gasteiger partial charge in [-0.1, -0.05) is 12.1 Å². The molecule has 0 spiro atoms. The Morgan fingerprint density at radius 3 is 2.57 bits per heavy atom. The molecule has 2 saturated heterocycles. The molecule has 23 heavy (non-hydrogen) atoms. The van der Waals surface area contributed by atoms with Gasteiger partial charge >= 0.3 is 0 Å². The first-order chi connectivity index (χ1) is 11.1. The van der Waals surface area contributed by atoms with Crippen LogP contribution in [0.15, 0.2) is 24.3 Å². The van der Waals surface area contributed by atoms with Crippen LogP contribution in [0.2, 0.25) is 0 Å². The number of methoxy groups -OCH3 is 1. The van der Waals surface area contributed by atoms with E-state index in [1.807, 2.05) is 12.1 Å². The monoisotopic (exact) mass is 319 g/mol. The number of β-amino-alcohol motifs (C(OH)–C–C–N with tert-alkyl or cyclic N) is 1. The minimum atomic E-state index is -0.542. The largest absolute Gasteiger partial charge is 0.495 e. The van der Waals surface area contributed by atoms with E-state index in [0.717, 1.165) is 64.4 Å². The van der Waals surface area contributed by atoms with E-state index < -0.39 is 5.60 Å². The third-order valence-corrected chi connectivity index (χ3v) is 5.06. The van der Waals surface area contributed by atoms with Crippen LogP contribution < -0.4 is 9.64 Å². The predicted octanol–water partition coefficient (Wildman–Crippen LogP) is 1.27. The fourth-order valence-corrected chi connectivity index (χ4v) is 3.92. The summed E-state index contributed by atoms with van der Waals surface area (Å²) in [6.45, 7) is 6.62. The Hall–Kier alpha value is -1.30. The molecule has 0 aromatic heterocycles. The number of benzene rings is 1. The van der Waals surface area contributed by atoms with Crippen molar-refractivity contribution in [2.75, 3.05) is 64.9 Å². The van der Waals surface area contributed by atoms with Crippen molar-refractivity contribution in [2.24, 2.45) is 0 Å². The van der Waals surface area contributed by atoms with Gasteiger partial charge in [-0.2, -0.15) is 0 Å². The molecule has 2 fully saturated rings. The van der Waals surface area contributed by atoms with E-state index in [1.165, 1.54) is 5.69 Å². The van der Waals surface area contributed by atoms with E-state index in [9.17, 15) is 5.11 Å². The highest BCUT2D eigenvalue weighted by atomic mass is 16.5. The van der Waals surface area contributed by atoms with Crippen LogP contribution in [-0.2, 0) is 0 Å². The van der Waals surface area contributed by atoms with E-state index in [0.29, 0.717) is 0 Å². The molecular formula is C18H29N3O2. The van der Waals surface area contributed by atoms with Crippen LogP contribution in [0.3, 0.4) is 0 Å². The number of hydrogen-bond acceptors (Lipinski definition) is 5. The fraction of sp³-hybridized carbons (Fsp3) is 0.667. The first-order valence-electron chi connectivity index (χ1n) is 8.61. The van der Waals surface area contributed by atoms with Crippen LogP contribution in [0.4, 0.5) is 5.69 Å². The van der Waals surface area contributed by atoms with E-state index in [4.69, 9.17) is 4.74 Å². The second kappa shape index (κ2) is 7.07. The predicted molar refractivity (Wildman–Crippen MR) is 93.3 cm³/mol. The standard InChI is InChI=1S/C18H29N3O2/c1-19-9-5-8-18(22,14-19)15-20-10-12-21(13-11-20)16-6-3-4-7-17(16)23-2/h3-4,6-7,22H,5,8-15H2,1-2H3. The van der Waals surface area contributed by atoms with Gasteiger partial charge in [0.25, 0.3) is 0 Å². The Morgan fingerprint density at radius 2 is 1.87 bits per heavy atom. The Balaban J connectivity index is 1.56. The number of anilines is 1. The zero-order chi connectivity index (χ0) is 16.3. The Labute approximate surface area is 139 Å². The lowest BCUT2D eigenvalue weighted by atomic mass is 9.92. The van der Waals surface area contributed by atoms with Crippen molar-refractivity contribution in [1.82, 2.24) is 9.80 Å². The summed E-state index contributed by atoms with van der Waals surface area (Å²) in [4.78, 5) is 7.03. The summed E-state index contributed by atoms with van der Waals surface area (Å²) in [7, 11) is 3.83. The molecule has 1 N–H and O–H groups in total. The molecular weight excluding hydrogens is 290 g/mol. The number of hydrogen-bond donors (Lipinski definition) is 1. The quantitative estimate of drug-likeness (QED) is 0.905. The van der Waals surface area contributed by atoms with Gasteiger partial charge < -0.3 is 19.6 Å². The fourth-order valence-electron chi connectivity index (χ4n) is 3.92. The van der Waals surface area contributed by atoms with Gasteiger partial charge in [0.1, 0.15) is 5.75 Å². The molecule has 0 aliphatic carbocycles. The minimum Gasteiger partial charge on any atom is -0.495 e. The molecule has 5 nitrogen and oxygen atoms in total. The second-order valence-electron chi connectivity index (χ2n) is 7.00. The number of aliphatic hydroxyl groups is 1. The molecule has 0 amide bonds. The molecule has 1 atom stereocenters. The van der Waals surface area contributed by atoms with Gasteiger partial charge in [-0.05, 0) is 38.6 Å². The second-order valence-corrected chi connectivity index (χ2v) is 7.00.